The van der Waals surface area contributed by atoms with Crippen molar-refractivity contribution in [3.63, 3.8) is 0 Å². The molecule has 0 atom stereocenters. The van der Waals surface area contributed by atoms with Crippen molar-refractivity contribution in [2.45, 2.75) is 26.7 Å². The third-order valence-electron chi connectivity index (χ3n) is 0. The molecule has 52 valence electrons. The highest BCUT2D eigenvalue weighted by molar-refractivity contribution is 4.40. The van der Waals surface area contributed by atoms with Crippen molar-refractivity contribution in [2.24, 2.45) is 0 Å². The van der Waals surface area contributed by atoms with Gasteiger partial charge < -0.3 is 0 Å². The summed E-state index contributed by atoms with van der Waals surface area (Å²) in [6, 6.07) is 0. The van der Waals surface area contributed by atoms with Gasteiger partial charge in [0.1, 0.15) is 0 Å². The molecule has 0 aromatic rings. The fraction of sp³-hybridized carbons (Fsp3) is 1.00. The Bertz CT molecular complexity index is 31.4. The van der Waals surface area contributed by atoms with E-state index in [9.17, 15) is 13.2 Å². The van der Waals surface area contributed by atoms with E-state index in [0.717, 1.165) is 13.8 Å². The predicted octanol–water partition coefficient (Wildman–Crippen LogP) is 2.64. The molecule has 0 unspecified atom stereocenters. The van der Waals surface area contributed by atoms with E-state index in [0.29, 0.717) is 0 Å². The normalized spacial score (nSPS) is 9.75. The molecule has 0 bridgehead atoms. The average molecular weight is 128 g/mol. The quantitative estimate of drug-likeness (QED) is 0.470. The third kappa shape index (κ3) is 3010. The van der Waals surface area contributed by atoms with Crippen LogP contribution in [0.25, 0.3) is 0 Å². The van der Waals surface area contributed by atoms with Gasteiger partial charge in [-0.1, -0.05) is 0 Å². The van der Waals surface area contributed by atoms with Crippen molar-refractivity contribution >= 4 is 0 Å². The van der Waals surface area contributed by atoms with Crippen LogP contribution < -0.4 is 0 Å². The van der Waals surface area contributed by atoms with E-state index < -0.39 is 5.92 Å². The monoisotopic (exact) mass is 128 g/mol. The van der Waals surface area contributed by atoms with E-state index in [1.165, 1.54) is 6.92 Å². The van der Waals surface area contributed by atoms with Crippen LogP contribution in [0.15, 0.2) is 0 Å². The highest BCUT2D eigenvalue weighted by Gasteiger charge is 2.08. The minimum atomic E-state index is -2.50. The van der Waals surface area contributed by atoms with Gasteiger partial charge in [0, 0.05) is 0 Å². The standard InChI is InChI=1S/C3H6F2.C2H5F/c1-3(2,4)5;1-2-3/h1-2H3;2H2,1H3. The molecule has 0 radical (unpaired) electrons. The number of alkyl halides is 3. The second-order valence-corrected chi connectivity index (χ2v) is 1.59. The summed E-state index contributed by atoms with van der Waals surface area (Å²) in [5.74, 6) is -2.50. The Kier molecular flexibility index (Phi) is 6.61. The van der Waals surface area contributed by atoms with Crippen molar-refractivity contribution in [1.29, 1.82) is 0 Å². The van der Waals surface area contributed by atoms with Crippen LogP contribution in [0.2, 0.25) is 0 Å². The highest BCUT2D eigenvalue weighted by atomic mass is 19.3. The van der Waals surface area contributed by atoms with Gasteiger partial charge in [-0.2, -0.15) is 0 Å². The lowest BCUT2D eigenvalue weighted by Crippen LogP contribution is -1.98. The van der Waals surface area contributed by atoms with Crippen molar-refractivity contribution in [3.05, 3.63) is 0 Å². The first kappa shape index (κ1) is 10.7. The smallest absolute Gasteiger partial charge is 0.242 e. The summed E-state index contributed by atoms with van der Waals surface area (Å²) in [7, 11) is 0. The summed E-state index contributed by atoms with van der Waals surface area (Å²) in [5.41, 5.74) is 0. The Hall–Kier alpha value is -0.210. The van der Waals surface area contributed by atoms with Gasteiger partial charge in [-0.3, -0.25) is 4.39 Å². The third-order valence-corrected chi connectivity index (χ3v) is 0. The van der Waals surface area contributed by atoms with E-state index in [-0.39, 0.29) is 6.67 Å². The summed E-state index contributed by atoms with van der Waals surface area (Å²) in [6.45, 7) is 2.92. The molecule has 0 saturated carbocycles. The van der Waals surface area contributed by atoms with Crippen LogP contribution in [0.5, 0.6) is 0 Å². The maximum atomic E-state index is 11.0. The van der Waals surface area contributed by atoms with E-state index in [1.54, 1.807) is 0 Å². The SMILES string of the molecule is CC(C)(F)F.CCF. The highest BCUT2D eigenvalue weighted by Crippen LogP contribution is 2.06. The van der Waals surface area contributed by atoms with E-state index in [2.05, 4.69) is 0 Å². The molecular weight excluding hydrogens is 117 g/mol. The zero-order chi connectivity index (χ0) is 7.21. The summed E-state index contributed by atoms with van der Waals surface area (Å²) in [6.07, 6.45) is 0. The second-order valence-electron chi connectivity index (χ2n) is 1.59. The molecule has 0 nitrogen and oxygen atoms in total. The lowest BCUT2D eigenvalue weighted by molar-refractivity contribution is 0.0437. The number of halogens is 3. The van der Waals surface area contributed by atoms with Crippen LogP contribution in [-0.2, 0) is 0 Å². The first-order valence-corrected chi connectivity index (χ1v) is 2.35. The number of hydrogen-bond donors (Lipinski definition) is 0. The van der Waals surface area contributed by atoms with Crippen LogP contribution in [-0.4, -0.2) is 12.6 Å². The number of rotatable bonds is 0. The van der Waals surface area contributed by atoms with Crippen LogP contribution in [0.1, 0.15) is 20.8 Å². The lowest BCUT2D eigenvalue weighted by Gasteiger charge is -1.94. The Morgan fingerprint density at radius 2 is 1.25 bits per heavy atom. The van der Waals surface area contributed by atoms with E-state index in [1.807, 2.05) is 0 Å². The molecular formula is C5H11F3. The van der Waals surface area contributed by atoms with Crippen molar-refractivity contribution in [3.8, 4) is 0 Å². The van der Waals surface area contributed by atoms with Gasteiger partial charge in [0.05, 0.1) is 6.67 Å². The molecule has 0 aromatic carbocycles. The molecule has 0 N–H and O–H groups in total. The van der Waals surface area contributed by atoms with Crippen LogP contribution in [0.3, 0.4) is 0 Å². The van der Waals surface area contributed by atoms with Gasteiger partial charge in [0.25, 0.3) is 0 Å². The Balaban J connectivity index is 0. The molecule has 0 rings (SSSR count). The minimum Gasteiger partial charge on any atom is -0.251 e. The summed E-state index contributed by atoms with van der Waals surface area (Å²) >= 11 is 0. The fourth-order valence-electron chi connectivity index (χ4n) is 0. The van der Waals surface area contributed by atoms with Crippen LogP contribution in [0.4, 0.5) is 13.2 Å². The van der Waals surface area contributed by atoms with Crippen molar-refractivity contribution in [2.75, 3.05) is 6.67 Å². The van der Waals surface area contributed by atoms with E-state index >= 15 is 0 Å². The summed E-state index contributed by atoms with van der Waals surface area (Å²) in [4.78, 5) is 0. The first-order valence-electron chi connectivity index (χ1n) is 2.35. The molecule has 0 saturated heterocycles. The zero-order valence-corrected chi connectivity index (χ0v) is 5.34. The molecule has 8 heavy (non-hydrogen) atoms. The minimum absolute atomic E-state index is 0.250. The van der Waals surface area contributed by atoms with Crippen molar-refractivity contribution < 1.29 is 13.2 Å². The maximum Gasteiger partial charge on any atom is 0.242 e. The maximum absolute atomic E-state index is 11.0. The largest absolute Gasteiger partial charge is 0.251 e. The summed E-state index contributed by atoms with van der Waals surface area (Å²) < 4.78 is 32.3. The summed E-state index contributed by atoms with van der Waals surface area (Å²) in [5, 5.41) is 0. The zero-order valence-electron chi connectivity index (χ0n) is 5.34. The average Bonchev–Trinajstić information content (AvgIpc) is 1.27. The topological polar surface area (TPSA) is 0 Å². The van der Waals surface area contributed by atoms with Gasteiger partial charge >= 0.3 is 0 Å². The molecule has 3 heteroatoms. The van der Waals surface area contributed by atoms with Gasteiger partial charge in [0.2, 0.25) is 5.92 Å². The van der Waals surface area contributed by atoms with Crippen LogP contribution >= 0.6 is 0 Å². The van der Waals surface area contributed by atoms with Crippen molar-refractivity contribution in [1.82, 2.24) is 0 Å². The fourth-order valence-corrected chi connectivity index (χ4v) is 0. The Morgan fingerprint density at radius 1 is 1.25 bits per heavy atom. The van der Waals surface area contributed by atoms with Gasteiger partial charge in [-0.25, -0.2) is 8.78 Å². The molecule has 0 aromatic heterocycles. The molecule has 0 fully saturated rings. The van der Waals surface area contributed by atoms with Crippen LogP contribution in [0, 0.1) is 0 Å². The molecule has 0 amide bonds. The lowest BCUT2D eigenvalue weighted by atomic mass is 10.5. The molecule has 0 spiro atoms. The van der Waals surface area contributed by atoms with Gasteiger partial charge in [-0.15, -0.1) is 0 Å². The molecule has 0 aliphatic heterocycles. The number of hydrogen-bond acceptors (Lipinski definition) is 0. The second kappa shape index (κ2) is 4.94. The predicted molar refractivity (Wildman–Crippen MR) is 27.9 cm³/mol. The molecule has 0 heterocycles. The Morgan fingerprint density at radius 3 is 1.25 bits per heavy atom. The van der Waals surface area contributed by atoms with E-state index in [4.69, 9.17) is 0 Å². The van der Waals surface area contributed by atoms with Gasteiger partial charge in [-0.05, 0) is 20.8 Å². The van der Waals surface area contributed by atoms with Gasteiger partial charge in [0.15, 0.2) is 0 Å². The molecule has 0 aliphatic rings. The first-order chi connectivity index (χ1) is 3.41. The molecule has 0 aliphatic carbocycles. The Labute approximate surface area is 47.7 Å².